The van der Waals surface area contributed by atoms with Gasteiger partial charge in [0.15, 0.2) is 11.5 Å². The second-order valence-corrected chi connectivity index (χ2v) is 11.2. The van der Waals surface area contributed by atoms with Gasteiger partial charge < -0.3 is 25.2 Å². The quantitative estimate of drug-likeness (QED) is 0.420. The van der Waals surface area contributed by atoms with Crippen LogP contribution in [0.1, 0.15) is 46.5 Å². The van der Waals surface area contributed by atoms with E-state index in [0.717, 1.165) is 19.3 Å². The molecule has 194 valence electrons. The van der Waals surface area contributed by atoms with E-state index in [1.165, 1.54) is 26.8 Å². The van der Waals surface area contributed by atoms with E-state index in [9.17, 15) is 34.8 Å². The third-order valence-electron chi connectivity index (χ3n) is 9.64. The fraction of sp³-hybridized carbons (Fsp3) is 0.720. The van der Waals surface area contributed by atoms with Gasteiger partial charge in [-0.25, -0.2) is 8.78 Å². The van der Waals surface area contributed by atoms with Crippen LogP contribution in [0.25, 0.3) is 0 Å². The minimum atomic E-state index is -2.86. The molecule has 4 rings (SSSR count). The number of carboxylic acids is 1. The Morgan fingerprint density at radius 3 is 2.46 bits per heavy atom. The SMILES string of the molecule is COC(O)(CC(=O)O)C(=O)[C@@]1(O)[C@H](C)C[C@H]2[C@@H]3C[C@H](F)C4=CC(=O)C=C[C@]4(C)[C@@]3(F)[C@@H](O)C[C@@]21C. The maximum absolute atomic E-state index is 17.2. The average Bonchev–Trinajstić information content (AvgIpc) is 2.97. The molecular formula is C25H32F2O8. The van der Waals surface area contributed by atoms with Gasteiger partial charge in [-0.05, 0) is 55.7 Å². The number of hydrogen-bond donors (Lipinski definition) is 4. The molecule has 4 aliphatic carbocycles. The molecule has 0 bridgehead atoms. The first kappa shape index (κ1) is 26.1. The standard InChI is InChI=1S/C25H32F2O8/c1-12-7-14-15-9-17(26)16-8-13(28)5-6-21(16,2)24(15,27)18(29)10-22(14,3)25(12,34)20(32)23(33,35-4)11-19(30)31/h5-6,8,12,14-15,17-18,29,33-34H,7,9-11H2,1-4H3,(H,30,31)/t12-,14+,15+,17+,18+,21+,22+,23?,24+,25+/m1/s1. The molecular weight excluding hydrogens is 466 g/mol. The molecule has 10 heteroatoms. The summed E-state index contributed by atoms with van der Waals surface area (Å²) in [6, 6.07) is 0. The van der Waals surface area contributed by atoms with E-state index in [2.05, 4.69) is 0 Å². The first-order chi connectivity index (χ1) is 16.0. The number of ether oxygens (including phenoxy) is 1. The van der Waals surface area contributed by atoms with Gasteiger partial charge in [-0.2, -0.15) is 0 Å². The summed E-state index contributed by atoms with van der Waals surface area (Å²) in [5.41, 5.74) is -7.97. The smallest absolute Gasteiger partial charge is 0.309 e. The summed E-state index contributed by atoms with van der Waals surface area (Å²) in [5.74, 6) is -8.97. The van der Waals surface area contributed by atoms with E-state index < -0.39 is 88.3 Å². The van der Waals surface area contributed by atoms with Crippen LogP contribution in [0.15, 0.2) is 23.8 Å². The lowest BCUT2D eigenvalue weighted by atomic mass is 9.44. The Hall–Kier alpha value is -2.01. The Labute approximate surface area is 201 Å². The average molecular weight is 499 g/mol. The van der Waals surface area contributed by atoms with Crippen molar-refractivity contribution in [3.8, 4) is 0 Å². The Kier molecular flexibility index (Phi) is 5.77. The number of rotatable bonds is 5. The van der Waals surface area contributed by atoms with Crippen LogP contribution in [0.2, 0.25) is 0 Å². The summed E-state index contributed by atoms with van der Waals surface area (Å²) >= 11 is 0. The number of allylic oxidation sites excluding steroid dienone is 4. The third kappa shape index (κ3) is 3.06. The van der Waals surface area contributed by atoms with E-state index >= 15 is 8.78 Å². The molecule has 0 aromatic heterocycles. The van der Waals surface area contributed by atoms with Gasteiger partial charge in [0, 0.05) is 23.9 Å². The molecule has 0 aromatic carbocycles. The van der Waals surface area contributed by atoms with Crippen molar-refractivity contribution in [2.75, 3.05) is 7.11 Å². The number of alkyl halides is 2. The fourth-order valence-corrected chi connectivity index (χ4v) is 7.77. The third-order valence-corrected chi connectivity index (χ3v) is 9.64. The monoisotopic (exact) mass is 498 g/mol. The Morgan fingerprint density at radius 1 is 1.26 bits per heavy atom. The van der Waals surface area contributed by atoms with Crippen molar-refractivity contribution in [1.82, 2.24) is 0 Å². The summed E-state index contributed by atoms with van der Waals surface area (Å²) in [6.45, 7) is 4.45. The van der Waals surface area contributed by atoms with Crippen molar-refractivity contribution in [3.63, 3.8) is 0 Å². The molecule has 10 atom stereocenters. The Bertz CT molecular complexity index is 1040. The lowest BCUT2D eigenvalue weighted by molar-refractivity contribution is -0.245. The highest BCUT2D eigenvalue weighted by atomic mass is 19.1. The molecule has 3 saturated carbocycles. The molecule has 0 heterocycles. The minimum Gasteiger partial charge on any atom is -0.481 e. The summed E-state index contributed by atoms with van der Waals surface area (Å²) in [6.07, 6.45) is -1.75. The van der Waals surface area contributed by atoms with E-state index in [0.29, 0.717) is 0 Å². The van der Waals surface area contributed by atoms with Crippen LogP contribution in [0, 0.1) is 28.6 Å². The topological polar surface area (TPSA) is 141 Å². The van der Waals surface area contributed by atoms with Crippen LogP contribution in [0.3, 0.4) is 0 Å². The number of Topliss-reactive ketones (excluding diaryl/α,β-unsaturated/α-hetero) is 1. The highest BCUT2D eigenvalue weighted by Crippen LogP contribution is 2.71. The van der Waals surface area contributed by atoms with Gasteiger partial charge in [-0.15, -0.1) is 0 Å². The zero-order valence-electron chi connectivity index (χ0n) is 20.1. The number of halogens is 2. The van der Waals surface area contributed by atoms with Crippen LogP contribution in [-0.4, -0.2) is 74.4 Å². The van der Waals surface area contributed by atoms with Crippen molar-refractivity contribution in [2.45, 2.75) is 75.8 Å². The zero-order chi connectivity index (χ0) is 26.4. The maximum Gasteiger partial charge on any atom is 0.309 e. The predicted octanol–water partition coefficient (Wildman–Crippen LogP) is 1.66. The second-order valence-electron chi connectivity index (χ2n) is 11.2. The van der Waals surface area contributed by atoms with E-state index in [1.807, 2.05) is 0 Å². The van der Waals surface area contributed by atoms with Gasteiger partial charge >= 0.3 is 5.97 Å². The molecule has 0 saturated heterocycles. The van der Waals surface area contributed by atoms with Gasteiger partial charge in [0.1, 0.15) is 18.2 Å². The number of carbonyl (C=O) groups excluding carboxylic acids is 2. The molecule has 1 unspecified atom stereocenters. The van der Waals surface area contributed by atoms with Crippen LogP contribution < -0.4 is 0 Å². The van der Waals surface area contributed by atoms with Crippen LogP contribution in [-0.2, 0) is 19.1 Å². The van der Waals surface area contributed by atoms with Crippen LogP contribution in [0.4, 0.5) is 8.78 Å². The van der Waals surface area contributed by atoms with Crippen molar-refractivity contribution in [3.05, 3.63) is 23.8 Å². The molecule has 0 aliphatic heterocycles. The van der Waals surface area contributed by atoms with E-state index in [4.69, 9.17) is 4.74 Å². The maximum atomic E-state index is 17.2. The largest absolute Gasteiger partial charge is 0.481 e. The first-order valence-electron chi connectivity index (χ1n) is 11.8. The van der Waals surface area contributed by atoms with E-state index in [-0.39, 0.29) is 18.4 Å². The first-order valence-corrected chi connectivity index (χ1v) is 11.8. The summed E-state index contributed by atoms with van der Waals surface area (Å²) < 4.78 is 37.5. The van der Waals surface area contributed by atoms with Crippen molar-refractivity contribution in [2.24, 2.45) is 28.6 Å². The number of ketones is 2. The number of aliphatic hydroxyl groups excluding tert-OH is 1. The number of aliphatic carboxylic acids is 1. The molecule has 0 aromatic rings. The number of hydrogen-bond acceptors (Lipinski definition) is 7. The fourth-order valence-electron chi connectivity index (χ4n) is 7.77. The van der Waals surface area contributed by atoms with Gasteiger partial charge in [0.25, 0.3) is 0 Å². The molecule has 4 aliphatic rings. The minimum absolute atomic E-state index is 0.0426. The molecule has 0 spiro atoms. The number of aliphatic hydroxyl groups is 3. The number of carbonyl (C=O) groups is 3. The highest BCUT2D eigenvalue weighted by molar-refractivity contribution is 6.01. The number of fused-ring (bicyclic) bond motifs is 5. The highest BCUT2D eigenvalue weighted by Gasteiger charge is 2.77. The van der Waals surface area contributed by atoms with Gasteiger partial charge in [-0.3, -0.25) is 14.4 Å². The normalized spacial score (nSPS) is 48.3. The van der Waals surface area contributed by atoms with Crippen LogP contribution >= 0.6 is 0 Å². The summed E-state index contributed by atoms with van der Waals surface area (Å²) in [4.78, 5) is 36.8. The van der Waals surface area contributed by atoms with Gasteiger partial charge in [-0.1, -0.05) is 19.9 Å². The molecule has 0 amide bonds. The zero-order valence-corrected chi connectivity index (χ0v) is 20.1. The van der Waals surface area contributed by atoms with Gasteiger partial charge in [0.2, 0.25) is 11.6 Å². The summed E-state index contributed by atoms with van der Waals surface area (Å²) in [7, 11) is 0.937. The Balaban J connectivity index is 1.83. The Morgan fingerprint density at radius 2 is 1.89 bits per heavy atom. The lowest BCUT2D eigenvalue weighted by Gasteiger charge is -2.63. The van der Waals surface area contributed by atoms with E-state index in [1.54, 1.807) is 0 Å². The van der Waals surface area contributed by atoms with Crippen LogP contribution in [0.5, 0.6) is 0 Å². The molecule has 0 radical (unpaired) electrons. The number of carboxylic acid groups (broad SMARTS) is 1. The molecule has 3 fully saturated rings. The van der Waals surface area contributed by atoms with Crippen molar-refractivity contribution < 1.29 is 48.3 Å². The molecule has 35 heavy (non-hydrogen) atoms. The van der Waals surface area contributed by atoms with Gasteiger partial charge in [0.05, 0.1) is 6.10 Å². The second kappa shape index (κ2) is 7.74. The van der Waals surface area contributed by atoms with Crippen molar-refractivity contribution in [1.29, 1.82) is 0 Å². The lowest BCUT2D eigenvalue weighted by Crippen LogP contribution is -2.71. The predicted molar refractivity (Wildman–Crippen MR) is 117 cm³/mol. The molecule has 8 nitrogen and oxygen atoms in total. The molecule has 4 N–H and O–H groups in total. The summed E-state index contributed by atoms with van der Waals surface area (Å²) in [5, 5.41) is 43.1. The van der Waals surface area contributed by atoms with Crippen molar-refractivity contribution >= 4 is 17.5 Å². The number of methoxy groups -OCH3 is 1.